The van der Waals surface area contributed by atoms with Crippen molar-refractivity contribution in [2.24, 2.45) is 5.73 Å². The van der Waals surface area contributed by atoms with E-state index in [0.29, 0.717) is 10.7 Å². The Morgan fingerprint density at radius 1 is 1.25 bits per heavy atom. The third-order valence-corrected chi connectivity index (χ3v) is 4.56. The zero-order valence-electron chi connectivity index (χ0n) is 10.2. The van der Waals surface area contributed by atoms with Crippen LogP contribution < -0.4 is 5.73 Å². The second-order valence-corrected chi connectivity index (χ2v) is 6.68. The highest BCUT2D eigenvalue weighted by molar-refractivity contribution is 7.99. The molecule has 1 aliphatic rings. The summed E-state index contributed by atoms with van der Waals surface area (Å²) in [4.78, 5) is 1.37. The van der Waals surface area contributed by atoms with Gasteiger partial charge in [-0.15, -0.1) is 11.8 Å². The lowest BCUT2D eigenvalue weighted by molar-refractivity contribution is 0.253. The number of rotatable bonds is 4. The monoisotopic (exact) mass is 235 g/mol. The van der Waals surface area contributed by atoms with E-state index in [1.807, 2.05) is 11.8 Å². The first-order valence-corrected chi connectivity index (χ1v) is 7.01. The number of thioether (sulfide) groups is 1. The fourth-order valence-corrected chi connectivity index (χ4v) is 3.21. The highest BCUT2D eigenvalue weighted by atomic mass is 32.2. The van der Waals surface area contributed by atoms with Crippen LogP contribution in [0.2, 0.25) is 0 Å². The predicted molar refractivity (Wildman–Crippen MR) is 72.0 cm³/mol. The Labute approximate surface area is 103 Å². The molecule has 0 spiro atoms. The Bertz CT molecular complexity index is 333. The molecule has 0 saturated heterocycles. The summed E-state index contributed by atoms with van der Waals surface area (Å²) < 4.78 is 0. The number of nitrogens with two attached hydrogens (primary N) is 1. The summed E-state index contributed by atoms with van der Waals surface area (Å²) in [6.45, 7) is 5.25. The summed E-state index contributed by atoms with van der Waals surface area (Å²) in [7, 11) is 0. The topological polar surface area (TPSA) is 26.0 Å². The summed E-state index contributed by atoms with van der Waals surface area (Å²) in [5.41, 5.74) is 7.66. The molecule has 1 nitrogen and oxygen atoms in total. The molecule has 88 valence electrons. The largest absolute Gasteiger partial charge is 0.330 e. The summed E-state index contributed by atoms with van der Waals surface area (Å²) in [6.07, 6.45) is 3.86. The minimum Gasteiger partial charge on any atom is -0.330 e. The molecule has 0 amide bonds. The Kier molecular flexibility index (Phi) is 3.60. The summed E-state index contributed by atoms with van der Waals surface area (Å²) >= 11 is 1.92. The fourth-order valence-electron chi connectivity index (χ4n) is 2.37. The van der Waals surface area contributed by atoms with Crippen molar-refractivity contribution in [3.05, 3.63) is 29.8 Å². The lowest BCUT2D eigenvalue weighted by Crippen LogP contribution is -2.41. The maximum Gasteiger partial charge on any atom is 0.00755 e. The van der Waals surface area contributed by atoms with Crippen molar-refractivity contribution in [2.45, 2.75) is 48.7 Å². The van der Waals surface area contributed by atoms with Crippen LogP contribution in [0.15, 0.2) is 29.2 Å². The first kappa shape index (κ1) is 12.0. The van der Waals surface area contributed by atoms with E-state index < -0.39 is 0 Å². The van der Waals surface area contributed by atoms with Crippen molar-refractivity contribution in [1.29, 1.82) is 0 Å². The van der Waals surface area contributed by atoms with Crippen LogP contribution in [0, 0.1) is 0 Å². The van der Waals surface area contributed by atoms with Gasteiger partial charge in [-0.1, -0.05) is 32.4 Å². The maximum absolute atomic E-state index is 5.91. The van der Waals surface area contributed by atoms with Crippen LogP contribution in [-0.4, -0.2) is 11.8 Å². The molecular weight excluding hydrogens is 214 g/mol. The molecule has 2 N–H and O–H groups in total. The van der Waals surface area contributed by atoms with Gasteiger partial charge < -0.3 is 5.73 Å². The molecule has 0 bridgehead atoms. The summed E-state index contributed by atoms with van der Waals surface area (Å²) in [5, 5.41) is 0.651. The molecule has 0 radical (unpaired) electrons. The van der Waals surface area contributed by atoms with Gasteiger partial charge in [0.25, 0.3) is 0 Å². The Balaban J connectivity index is 2.12. The van der Waals surface area contributed by atoms with Gasteiger partial charge in [0.2, 0.25) is 0 Å². The van der Waals surface area contributed by atoms with Crippen molar-refractivity contribution in [3.63, 3.8) is 0 Å². The van der Waals surface area contributed by atoms with Crippen LogP contribution in [0.5, 0.6) is 0 Å². The molecule has 1 aliphatic carbocycles. The zero-order chi connectivity index (χ0) is 11.6. The minimum atomic E-state index is 0.307. The normalized spacial score (nSPS) is 18.5. The molecule has 1 saturated carbocycles. The molecule has 1 aromatic rings. The van der Waals surface area contributed by atoms with Crippen molar-refractivity contribution in [3.8, 4) is 0 Å². The third kappa shape index (κ3) is 2.28. The lowest BCUT2D eigenvalue weighted by Gasteiger charge is -2.41. The fraction of sp³-hybridized carbons (Fsp3) is 0.571. The average Bonchev–Trinajstić information content (AvgIpc) is 2.19. The first-order valence-electron chi connectivity index (χ1n) is 6.13. The standard InChI is InChI=1S/C14H21NS/c1-11(2)16-13-6-4-12(5-7-13)14(10-15)8-3-9-14/h4-7,11H,3,8-10,15H2,1-2H3. The molecule has 0 unspecified atom stereocenters. The van der Waals surface area contributed by atoms with Gasteiger partial charge in [-0.3, -0.25) is 0 Å². The van der Waals surface area contributed by atoms with E-state index in [4.69, 9.17) is 5.73 Å². The van der Waals surface area contributed by atoms with E-state index in [1.54, 1.807) is 0 Å². The van der Waals surface area contributed by atoms with Crippen LogP contribution >= 0.6 is 11.8 Å². The van der Waals surface area contributed by atoms with E-state index in [0.717, 1.165) is 6.54 Å². The van der Waals surface area contributed by atoms with Gasteiger partial charge in [-0.25, -0.2) is 0 Å². The van der Waals surface area contributed by atoms with E-state index >= 15 is 0 Å². The van der Waals surface area contributed by atoms with E-state index in [1.165, 1.54) is 29.7 Å². The molecule has 0 atom stereocenters. The Morgan fingerprint density at radius 2 is 1.88 bits per heavy atom. The molecular formula is C14H21NS. The Hall–Kier alpha value is -0.470. The Morgan fingerprint density at radius 3 is 2.25 bits per heavy atom. The number of benzene rings is 1. The van der Waals surface area contributed by atoms with E-state index in [9.17, 15) is 0 Å². The van der Waals surface area contributed by atoms with Gasteiger partial charge in [0, 0.05) is 22.1 Å². The molecule has 0 aliphatic heterocycles. The van der Waals surface area contributed by atoms with Crippen molar-refractivity contribution in [1.82, 2.24) is 0 Å². The molecule has 1 fully saturated rings. The van der Waals surface area contributed by atoms with Crippen LogP contribution in [-0.2, 0) is 5.41 Å². The van der Waals surface area contributed by atoms with Gasteiger partial charge in [0.1, 0.15) is 0 Å². The SMILES string of the molecule is CC(C)Sc1ccc(C2(CN)CCC2)cc1. The van der Waals surface area contributed by atoms with Gasteiger partial charge >= 0.3 is 0 Å². The molecule has 2 heteroatoms. The van der Waals surface area contributed by atoms with Crippen molar-refractivity contribution >= 4 is 11.8 Å². The first-order chi connectivity index (χ1) is 7.66. The second-order valence-electron chi connectivity index (χ2n) is 5.03. The zero-order valence-corrected chi connectivity index (χ0v) is 11.0. The average molecular weight is 235 g/mol. The molecule has 1 aromatic carbocycles. The van der Waals surface area contributed by atoms with E-state index in [-0.39, 0.29) is 0 Å². The van der Waals surface area contributed by atoms with E-state index in [2.05, 4.69) is 38.1 Å². The lowest BCUT2D eigenvalue weighted by atomic mass is 9.64. The van der Waals surface area contributed by atoms with Crippen molar-refractivity contribution in [2.75, 3.05) is 6.54 Å². The summed E-state index contributed by atoms with van der Waals surface area (Å²) in [5.74, 6) is 0. The second kappa shape index (κ2) is 4.80. The van der Waals surface area contributed by atoms with Crippen LogP contribution in [0.1, 0.15) is 38.7 Å². The smallest absolute Gasteiger partial charge is 0.00755 e. The molecule has 0 heterocycles. The van der Waals surface area contributed by atoms with Gasteiger partial charge in [0.15, 0.2) is 0 Å². The number of hydrogen-bond acceptors (Lipinski definition) is 2. The van der Waals surface area contributed by atoms with Crippen LogP contribution in [0.3, 0.4) is 0 Å². The molecule has 16 heavy (non-hydrogen) atoms. The maximum atomic E-state index is 5.91. The molecule has 0 aromatic heterocycles. The summed E-state index contributed by atoms with van der Waals surface area (Å²) in [6, 6.07) is 9.04. The third-order valence-electron chi connectivity index (χ3n) is 3.54. The van der Waals surface area contributed by atoms with Crippen molar-refractivity contribution < 1.29 is 0 Å². The predicted octanol–water partition coefficient (Wildman–Crippen LogP) is 3.57. The number of hydrogen-bond donors (Lipinski definition) is 1. The van der Waals surface area contributed by atoms with Crippen LogP contribution in [0.4, 0.5) is 0 Å². The highest BCUT2D eigenvalue weighted by Crippen LogP contribution is 2.43. The molecule has 2 rings (SSSR count). The minimum absolute atomic E-state index is 0.307. The van der Waals surface area contributed by atoms with Gasteiger partial charge in [-0.2, -0.15) is 0 Å². The van der Waals surface area contributed by atoms with Gasteiger partial charge in [-0.05, 0) is 30.5 Å². The van der Waals surface area contributed by atoms with Crippen LogP contribution in [0.25, 0.3) is 0 Å². The quantitative estimate of drug-likeness (QED) is 0.807. The highest BCUT2D eigenvalue weighted by Gasteiger charge is 2.36. The van der Waals surface area contributed by atoms with Gasteiger partial charge in [0.05, 0.1) is 0 Å².